The molecule has 147 valence electrons. The highest BCUT2D eigenvalue weighted by Crippen LogP contribution is 2.30. The fourth-order valence-electron chi connectivity index (χ4n) is 2.78. The van der Waals surface area contributed by atoms with E-state index in [9.17, 15) is 18.7 Å². The summed E-state index contributed by atoms with van der Waals surface area (Å²) in [6, 6.07) is 6.11. The number of rotatable bonds is 10. The molecule has 0 spiro atoms. The van der Waals surface area contributed by atoms with Crippen LogP contribution in [0.2, 0.25) is 5.15 Å². The molecule has 1 aromatic carbocycles. The van der Waals surface area contributed by atoms with Crippen molar-refractivity contribution in [3.05, 3.63) is 59.2 Å². The number of alkyl halides is 1. The summed E-state index contributed by atoms with van der Waals surface area (Å²) in [7, 11) is 0. The first-order valence-corrected chi connectivity index (χ1v) is 9.00. The molecular formula is C19H23ClF2N3O2. The number of H-pyrrole nitrogens is 1. The Balaban J connectivity index is 1.99. The number of primary amides is 1. The lowest BCUT2D eigenvalue weighted by molar-refractivity contribution is -0.128. The molecule has 0 fully saturated rings. The zero-order valence-corrected chi connectivity index (χ0v) is 15.7. The summed E-state index contributed by atoms with van der Waals surface area (Å²) in [4.78, 5) is 18.2. The summed E-state index contributed by atoms with van der Waals surface area (Å²) in [5.41, 5.74) is 3.67. The number of halogens is 3. The number of hydrogen-bond acceptors (Lipinski definition) is 3. The van der Waals surface area contributed by atoms with E-state index in [1.54, 1.807) is 18.6 Å². The summed E-state index contributed by atoms with van der Waals surface area (Å²) >= 11 is 5.84. The molecule has 1 unspecified atom stereocenters. The number of carbonyl (C=O) groups excluding carboxylic acids is 1. The molecule has 2 rings (SSSR count). The number of nitrogens with two attached hydrogens (primary N) is 1. The first kappa shape index (κ1) is 21.3. The molecular weight excluding hydrogens is 376 g/mol. The number of aromatic amines is 1. The summed E-state index contributed by atoms with van der Waals surface area (Å²) in [6.45, 7) is 1.13. The molecule has 8 heteroatoms. The molecule has 5 nitrogen and oxygen atoms in total. The van der Waals surface area contributed by atoms with Gasteiger partial charge in [-0.3, -0.25) is 4.79 Å². The van der Waals surface area contributed by atoms with Crippen LogP contribution in [0.15, 0.2) is 30.5 Å². The van der Waals surface area contributed by atoms with Crippen molar-refractivity contribution >= 4 is 17.5 Å². The van der Waals surface area contributed by atoms with E-state index < -0.39 is 17.7 Å². The van der Waals surface area contributed by atoms with Crippen molar-refractivity contribution in [1.82, 2.24) is 9.97 Å². The second kappa shape index (κ2) is 9.28. The Morgan fingerprint density at radius 1 is 1.52 bits per heavy atom. The minimum absolute atomic E-state index is 0.109. The first-order valence-electron chi connectivity index (χ1n) is 8.63. The highest BCUT2D eigenvalue weighted by Gasteiger charge is 2.32. The summed E-state index contributed by atoms with van der Waals surface area (Å²) in [6.07, 6.45) is 3.07. The Morgan fingerprint density at radius 3 is 2.85 bits per heavy atom. The topological polar surface area (TPSA) is 92.0 Å². The van der Waals surface area contributed by atoms with E-state index in [1.807, 2.05) is 0 Å². The Bertz CT molecular complexity index is 767. The van der Waals surface area contributed by atoms with Crippen LogP contribution in [0, 0.1) is 12.2 Å². The maximum absolute atomic E-state index is 14.2. The van der Waals surface area contributed by atoms with E-state index in [0.717, 1.165) is 12.5 Å². The van der Waals surface area contributed by atoms with Gasteiger partial charge in [-0.1, -0.05) is 23.7 Å². The molecule has 1 aromatic heterocycles. The molecule has 0 aliphatic rings. The number of benzene rings is 1. The van der Waals surface area contributed by atoms with Crippen LogP contribution >= 0.6 is 11.6 Å². The van der Waals surface area contributed by atoms with Gasteiger partial charge >= 0.3 is 0 Å². The molecule has 27 heavy (non-hydrogen) atoms. The molecule has 1 heterocycles. The van der Waals surface area contributed by atoms with Crippen LogP contribution in [0.3, 0.4) is 0 Å². The smallest absolute Gasteiger partial charge is 0.254 e. The largest absolute Gasteiger partial charge is 0.393 e. The number of imidazole rings is 1. The number of aliphatic hydroxyl groups is 1. The van der Waals surface area contributed by atoms with Crippen molar-refractivity contribution in [3.63, 3.8) is 0 Å². The van der Waals surface area contributed by atoms with Crippen molar-refractivity contribution in [3.8, 4) is 0 Å². The van der Waals surface area contributed by atoms with Gasteiger partial charge < -0.3 is 15.8 Å². The minimum Gasteiger partial charge on any atom is -0.393 e. The average Bonchev–Trinajstić information content (AvgIpc) is 3.03. The fourth-order valence-corrected chi connectivity index (χ4v) is 2.93. The van der Waals surface area contributed by atoms with Crippen LogP contribution in [0.4, 0.5) is 8.78 Å². The predicted octanol–water partition coefficient (Wildman–Crippen LogP) is 3.48. The lowest BCUT2D eigenvalue weighted by Crippen LogP contribution is -2.37. The van der Waals surface area contributed by atoms with Crippen LogP contribution in [0.25, 0.3) is 0 Å². The lowest BCUT2D eigenvalue weighted by Gasteiger charge is -2.22. The van der Waals surface area contributed by atoms with Crippen molar-refractivity contribution in [2.24, 2.45) is 5.73 Å². The molecule has 0 aliphatic heterocycles. The molecule has 1 amide bonds. The van der Waals surface area contributed by atoms with Gasteiger partial charge in [0.05, 0.1) is 6.10 Å². The molecule has 0 bridgehead atoms. The van der Waals surface area contributed by atoms with Gasteiger partial charge in [-0.25, -0.2) is 13.8 Å². The van der Waals surface area contributed by atoms with Crippen LogP contribution in [0.5, 0.6) is 0 Å². The summed E-state index contributed by atoms with van der Waals surface area (Å²) in [5.74, 6) is -1.23. The van der Waals surface area contributed by atoms with Gasteiger partial charge in [0.1, 0.15) is 16.8 Å². The Kier molecular flexibility index (Phi) is 7.33. The lowest BCUT2D eigenvalue weighted by atomic mass is 9.89. The molecule has 1 radical (unpaired) electrons. The monoisotopic (exact) mass is 398 g/mol. The number of hydrogen-bond donors (Lipinski definition) is 3. The normalized spacial score (nSPS) is 15.9. The third-order valence-corrected chi connectivity index (χ3v) is 4.66. The molecule has 0 saturated carbocycles. The molecule has 0 aliphatic carbocycles. The number of nitrogens with one attached hydrogen (secondary N) is 1. The van der Waals surface area contributed by atoms with Crippen LogP contribution in [0.1, 0.15) is 43.5 Å². The van der Waals surface area contributed by atoms with Gasteiger partial charge in [-0.2, -0.15) is 0 Å². The molecule has 0 saturated heterocycles. The summed E-state index contributed by atoms with van der Waals surface area (Å²) in [5, 5.41) is 10.6. The third kappa shape index (κ3) is 6.59. The number of aromatic nitrogens is 2. The quantitative estimate of drug-likeness (QED) is 0.572. The van der Waals surface area contributed by atoms with Crippen LogP contribution < -0.4 is 5.73 Å². The standard InChI is InChI=1S/C19H23ClF2N3O2/c1-19(22,18(23)27)8-7-13(17-24-11-16(20)25-17)10-15(26)6-5-12-3-2-4-14(21)9-12/h2-4,6,9,11,13,15,26H,5,7-8,10H2,1H3,(H2,23,27)(H,24,25)/t13-,15+,19?/m1/s1. The van der Waals surface area contributed by atoms with Gasteiger partial charge in [-0.05, 0) is 56.7 Å². The number of aliphatic hydroxyl groups excluding tert-OH is 1. The maximum atomic E-state index is 14.2. The maximum Gasteiger partial charge on any atom is 0.254 e. The second-order valence-corrected chi connectivity index (χ2v) is 7.17. The molecule has 2 aromatic rings. The summed E-state index contributed by atoms with van der Waals surface area (Å²) < 4.78 is 27.4. The third-order valence-electron chi connectivity index (χ3n) is 4.47. The van der Waals surface area contributed by atoms with Crippen molar-refractivity contribution in [2.75, 3.05) is 0 Å². The molecule has 4 N–H and O–H groups in total. The van der Waals surface area contributed by atoms with E-state index in [4.69, 9.17) is 17.3 Å². The first-order chi connectivity index (χ1) is 12.7. The SMILES string of the molecule is CC(F)(CC[C@H](C[C@@H](O)[CH]Cc1cccc(F)c1)c1nc(Cl)c[nH]1)C(N)=O. The van der Waals surface area contributed by atoms with E-state index in [0.29, 0.717) is 12.2 Å². The van der Waals surface area contributed by atoms with E-state index in [2.05, 4.69) is 9.97 Å². The highest BCUT2D eigenvalue weighted by molar-refractivity contribution is 6.29. The van der Waals surface area contributed by atoms with Crippen molar-refractivity contribution in [2.45, 2.75) is 50.3 Å². The van der Waals surface area contributed by atoms with E-state index >= 15 is 0 Å². The number of nitrogens with zero attached hydrogens (tertiary/aromatic N) is 1. The van der Waals surface area contributed by atoms with Crippen LogP contribution in [-0.4, -0.2) is 32.8 Å². The van der Waals surface area contributed by atoms with Crippen molar-refractivity contribution < 1.29 is 18.7 Å². The van der Waals surface area contributed by atoms with Gasteiger partial charge in [-0.15, -0.1) is 0 Å². The molecule has 3 atom stereocenters. The van der Waals surface area contributed by atoms with Gasteiger partial charge in [0.15, 0.2) is 5.67 Å². The van der Waals surface area contributed by atoms with Crippen LogP contribution in [-0.2, 0) is 11.2 Å². The van der Waals surface area contributed by atoms with E-state index in [1.165, 1.54) is 18.3 Å². The average molecular weight is 399 g/mol. The van der Waals surface area contributed by atoms with Gasteiger partial charge in [0, 0.05) is 12.1 Å². The predicted molar refractivity (Wildman–Crippen MR) is 99.3 cm³/mol. The zero-order chi connectivity index (χ0) is 20.0. The highest BCUT2D eigenvalue weighted by atomic mass is 35.5. The van der Waals surface area contributed by atoms with Crippen molar-refractivity contribution in [1.29, 1.82) is 0 Å². The zero-order valence-electron chi connectivity index (χ0n) is 15.0. The van der Waals surface area contributed by atoms with Gasteiger partial charge in [0.2, 0.25) is 0 Å². The second-order valence-electron chi connectivity index (χ2n) is 6.78. The number of amides is 1. The Labute approximate surface area is 161 Å². The fraction of sp³-hybridized carbons (Fsp3) is 0.421. The Morgan fingerprint density at radius 2 is 2.26 bits per heavy atom. The van der Waals surface area contributed by atoms with E-state index in [-0.39, 0.29) is 36.2 Å². The Hall–Kier alpha value is -1.99. The minimum atomic E-state index is -2.15. The number of carbonyl (C=O) groups is 1. The van der Waals surface area contributed by atoms with Gasteiger partial charge in [0.25, 0.3) is 5.91 Å².